The molecule has 1 amide bonds. The number of halogens is 5. The Bertz CT molecular complexity index is 1430. The van der Waals surface area contributed by atoms with Gasteiger partial charge in [-0.1, -0.05) is 18.2 Å². The summed E-state index contributed by atoms with van der Waals surface area (Å²) in [6.45, 7) is -0.399. The first-order chi connectivity index (χ1) is 18.0. The standard InChI is InChI=1S/C20H16F2N6O2S.C2HF3O2/c21-20(22)7-10-27(19(29)18-15(12-31-26-18)28-23-8-9-24-28)11-16(20)30-17-6-5-13-3-1-2-4-14(13)25-17;3-2(4,5)1(6)7/h1-6,8-9,12,16H,7,10-11H2;(H,6,7). The SMILES string of the molecule is O=C(O)C(F)(F)F.O=C(c1nscc1-n1nccn1)N1CCC(F)(F)C(Oc2ccc3ccccc3n2)C1. The third-order valence-corrected chi connectivity index (χ3v) is 5.94. The predicted molar refractivity (Wildman–Crippen MR) is 122 cm³/mol. The average Bonchev–Trinajstić information content (AvgIpc) is 3.57. The number of likely N-dealkylation sites (tertiary alicyclic amines) is 1. The van der Waals surface area contributed by atoms with Crippen molar-refractivity contribution in [2.24, 2.45) is 0 Å². The summed E-state index contributed by atoms with van der Waals surface area (Å²) in [5, 5.41) is 17.7. The molecular weight excluding hydrogens is 539 g/mol. The number of alkyl halides is 5. The maximum Gasteiger partial charge on any atom is 0.490 e. The smallest absolute Gasteiger partial charge is 0.475 e. The van der Waals surface area contributed by atoms with Crippen molar-refractivity contribution in [2.45, 2.75) is 24.6 Å². The summed E-state index contributed by atoms with van der Waals surface area (Å²) in [4.78, 5) is 28.9. The van der Waals surface area contributed by atoms with Crippen molar-refractivity contribution in [1.82, 2.24) is 29.3 Å². The van der Waals surface area contributed by atoms with Gasteiger partial charge in [0.25, 0.3) is 11.8 Å². The molecular formula is C22H17F5N6O4S. The van der Waals surface area contributed by atoms with Crippen LogP contribution in [0.5, 0.6) is 5.88 Å². The van der Waals surface area contributed by atoms with Crippen molar-refractivity contribution in [1.29, 1.82) is 0 Å². The molecule has 1 N–H and O–H groups in total. The summed E-state index contributed by atoms with van der Waals surface area (Å²) in [6.07, 6.45) is -4.17. The Balaban J connectivity index is 0.000000426. The fraction of sp³-hybridized carbons (Fsp3) is 0.273. The number of aromatic nitrogens is 5. The molecule has 1 aromatic carbocycles. The van der Waals surface area contributed by atoms with E-state index < -0.39 is 36.5 Å². The first-order valence-electron chi connectivity index (χ1n) is 10.8. The van der Waals surface area contributed by atoms with E-state index in [9.17, 15) is 26.7 Å². The van der Waals surface area contributed by atoms with Gasteiger partial charge in [-0.2, -0.15) is 27.7 Å². The van der Waals surface area contributed by atoms with Crippen LogP contribution in [0.25, 0.3) is 16.6 Å². The normalized spacial score (nSPS) is 17.0. The number of hydrogen-bond acceptors (Lipinski definition) is 8. The molecule has 0 saturated carbocycles. The van der Waals surface area contributed by atoms with Gasteiger partial charge in [-0.3, -0.25) is 4.79 Å². The van der Waals surface area contributed by atoms with E-state index >= 15 is 0 Å². The fourth-order valence-electron chi connectivity index (χ4n) is 3.45. The number of piperidine rings is 1. The van der Waals surface area contributed by atoms with Gasteiger partial charge in [-0.25, -0.2) is 18.6 Å². The van der Waals surface area contributed by atoms with Crippen LogP contribution in [-0.2, 0) is 4.79 Å². The summed E-state index contributed by atoms with van der Waals surface area (Å²) >= 11 is 1.07. The van der Waals surface area contributed by atoms with Crippen LogP contribution >= 0.6 is 11.5 Å². The molecule has 4 aromatic rings. The zero-order valence-electron chi connectivity index (χ0n) is 19.0. The molecule has 4 heterocycles. The summed E-state index contributed by atoms with van der Waals surface area (Å²) in [5.41, 5.74) is 1.17. The summed E-state index contributed by atoms with van der Waals surface area (Å²) in [6, 6.07) is 10.7. The number of carboxylic acid groups (broad SMARTS) is 1. The Morgan fingerprint density at radius 3 is 2.47 bits per heavy atom. The van der Waals surface area contributed by atoms with Gasteiger partial charge in [0.05, 0.1) is 24.5 Å². The number of amides is 1. The maximum atomic E-state index is 14.6. The van der Waals surface area contributed by atoms with Crippen molar-refractivity contribution >= 4 is 34.3 Å². The van der Waals surface area contributed by atoms with Gasteiger partial charge in [0.1, 0.15) is 5.69 Å². The summed E-state index contributed by atoms with van der Waals surface area (Å²) in [5.74, 6) is -6.23. The molecule has 1 aliphatic rings. The number of benzene rings is 1. The zero-order chi connectivity index (χ0) is 27.5. The molecule has 5 rings (SSSR count). The quantitative estimate of drug-likeness (QED) is 0.377. The number of fused-ring (bicyclic) bond motifs is 1. The molecule has 38 heavy (non-hydrogen) atoms. The molecule has 0 spiro atoms. The van der Waals surface area contributed by atoms with Crippen LogP contribution in [0.4, 0.5) is 22.0 Å². The van der Waals surface area contributed by atoms with Gasteiger partial charge in [-0.05, 0) is 23.7 Å². The molecule has 1 atom stereocenters. The van der Waals surface area contributed by atoms with E-state index in [1.165, 1.54) is 22.1 Å². The number of aliphatic carboxylic acids is 1. The van der Waals surface area contributed by atoms with Gasteiger partial charge in [0, 0.05) is 29.8 Å². The third kappa shape index (κ3) is 6.01. The van der Waals surface area contributed by atoms with Crippen LogP contribution in [0.1, 0.15) is 16.9 Å². The minimum atomic E-state index is -5.08. The van der Waals surface area contributed by atoms with Crippen LogP contribution in [0.3, 0.4) is 0 Å². The molecule has 1 aliphatic heterocycles. The number of carbonyl (C=O) groups excluding carboxylic acids is 1. The van der Waals surface area contributed by atoms with Gasteiger partial charge in [0.2, 0.25) is 5.88 Å². The lowest BCUT2D eigenvalue weighted by molar-refractivity contribution is -0.192. The number of rotatable bonds is 4. The van der Waals surface area contributed by atoms with Crippen molar-refractivity contribution in [3.05, 3.63) is 59.9 Å². The molecule has 0 bridgehead atoms. The molecule has 16 heteroatoms. The molecule has 10 nitrogen and oxygen atoms in total. The van der Waals surface area contributed by atoms with Gasteiger partial charge >= 0.3 is 12.1 Å². The van der Waals surface area contributed by atoms with Gasteiger partial charge in [0.15, 0.2) is 11.8 Å². The first kappa shape index (κ1) is 26.8. The Morgan fingerprint density at radius 1 is 1.11 bits per heavy atom. The minimum Gasteiger partial charge on any atom is -0.475 e. The molecule has 200 valence electrons. The second-order valence-electron chi connectivity index (χ2n) is 7.88. The van der Waals surface area contributed by atoms with E-state index in [0.717, 1.165) is 16.9 Å². The number of para-hydroxylation sites is 1. The Labute approximate surface area is 214 Å². The third-order valence-electron chi connectivity index (χ3n) is 5.33. The molecule has 0 radical (unpaired) electrons. The van der Waals surface area contributed by atoms with Gasteiger partial charge in [-0.15, -0.1) is 4.80 Å². The molecule has 3 aromatic heterocycles. The molecule has 1 unspecified atom stereocenters. The average molecular weight is 556 g/mol. The number of pyridine rings is 1. The van der Waals surface area contributed by atoms with Crippen molar-refractivity contribution in [3.63, 3.8) is 0 Å². The van der Waals surface area contributed by atoms with E-state index in [4.69, 9.17) is 14.6 Å². The fourth-order valence-corrected chi connectivity index (χ4v) is 4.08. The lowest BCUT2D eigenvalue weighted by atomic mass is 10.0. The number of ether oxygens (including phenoxy) is 1. The van der Waals surface area contributed by atoms with Crippen LogP contribution < -0.4 is 4.74 Å². The number of hydrogen-bond donors (Lipinski definition) is 1. The van der Waals surface area contributed by atoms with E-state index in [1.54, 1.807) is 23.6 Å². The highest BCUT2D eigenvalue weighted by Crippen LogP contribution is 2.33. The lowest BCUT2D eigenvalue weighted by Crippen LogP contribution is -2.55. The Kier molecular flexibility index (Phi) is 7.52. The van der Waals surface area contributed by atoms with Gasteiger partial charge < -0.3 is 14.7 Å². The van der Waals surface area contributed by atoms with E-state index in [-0.39, 0.29) is 24.7 Å². The second-order valence-corrected chi connectivity index (χ2v) is 8.51. The highest BCUT2D eigenvalue weighted by Gasteiger charge is 2.48. The zero-order valence-corrected chi connectivity index (χ0v) is 19.9. The van der Waals surface area contributed by atoms with Crippen LogP contribution in [-0.4, -0.2) is 77.5 Å². The van der Waals surface area contributed by atoms with E-state index in [0.29, 0.717) is 11.2 Å². The van der Waals surface area contributed by atoms with E-state index in [2.05, 4.69) is 19.6 Å². The highest BCUT2D eigenvalue weighted by atomic mass is 32.1. The molecule has 1 fully saturated rings. The lowest BCUT2D eigenvalue weighted by Gasteiger charge is -2.37. The minimum absolute atomic E-state index is 0.0905. The van der Waals surface area contributed by atoms with Crippen molar-refractivity contribution in [2.75, 3.05) is 13.1 Å². The summed E-state index contributed by atoms with van der Waals surface area (Å²) in [7, 11) is 0. The van der Waals surface area contributed by atoms with E-state index in [1.807, 2.05) is 18.2 Å². The number of nitrogens with zero attached hydrogens (tertiary/aromatic N) is 6. The Hall–Kier alpha value is -4.21. The largest absolute Gasteiger partial charge is 0.490 e. The highest BCUT2D eigenvalue weighted by molar-refractivity contribution is 7.04. The van der Waals surface area contributed by atoms with Crippen molar-refractivity contribution in [3.8, 4) is 11.6 Å². The molecule has 1 saturated heterocycles. The monoisotopic (exact) mass is 556 g/mol. The Morgan fingerprint density at radius 2 is 1.79 bits per heavy atom. The van der Waals surface area contributed by atoms with Crippen LogP contribution in [0.2, 0.25) is 0 Å². The summed E-state index contributed by atoms with van der Waals surface area (Å²) < 4.78 is 70.7. The van der Waals surface area contributed by atoms with Crippen molar-refractivity contribution < 1.29 is 41.4 Å². The first-order valence-corrected chi connectivity index (χ1v) is 11.6. The molecule has 0 aliphatic carbocycles. The maximum absolute atomic E-state index is 14.6. The van der Waals surface area contributed by atoms with Crippen LogP contribution in [0, 0.1) is 0 Å². The topological polar surface area (TPSA) is 123 Å². The number of carboxylic acids is 1. The van der Waals surface area contributed by atoms with Crippen LogP contribution in [0.15, 0.2) is 54.2 Å². The second kappa shape index (κ2) is 10.6. The number of carbonyl (C=O) groups is 2. The predicted octanol–water partition coefficient (Wildman–Crippen LogP) is 3.83.